The molecule has 0 aliphatic heterocycles. The first kappa shape index (κ1) is 63.4. The minimum absolute atomic E-state index is 0.0678. The van der Waals surface area contributed by atoms with E-state index in [2.05, 4.69) is 13.8 Å². The fraction of sp³-hybridized carbons (Fsp3) is 0.911. The van der Waals surface area contributed by atoms with Crippen molar-refractivity contribution in [2.75, 3.05) is 6.61 Å². The average Bonchev–Trinajstić information content (AvgIpc) is 3.32. The molecular weight excluding hydrogens is 833 g/mol. The first-order chi connectivity index (χ1) is 32.1. The zero-order chi connectivity index (χ0) is 48.7. The third-order valence-electron chi connectivity index (χ3n) is 12.8. The fourth-order valence-corrected chi connectivity index (χ4v) is 8.52. The zero-order valence-electron chi connectivity index (χ0n) is 43.9. The molecule has 0 aliphatic carbocycles. The number of carbonyl (C=O) groups excluding carboxylic acids is 5. The molecule has 0 rings (SSSR count). The summed E-state index contributed by atoms with van der Waals surface area (Å²) in [5, 5.41) is 0. The van der Waals surface area contributed by atoms with Crippen LogP contribution < -0.4 is 0 Å². The summed E-state index contributed by atoms with van der Waals surface area (Å²) in [5.41, 5.74) is 0. The van der Waals surface area contributed by atoms with Gasteiger partial charge in [0.15, 0.2) is 0 Å². The molecule has 0 aliphatic rings. The molecule has 10 heteroatoms. The number of unbranched alkanes of at least 4 members (excludes halogenated alkanes) is 27. The maximum atomic E-state index is 12.3. The minimum atomic E-state index is -0.368. The second kappa shape index (κ2) is 47.4. The molecule has 388 valence electrons. The van der Waals surface area contributed by atoms with Gasteiger partial charge in [0, 0.05) is 32.1 Å². The van der Waals surface area contributed by atoms with E-state index < -0.39 is 0 Å². The van der Waals surface area contributed by atoms with Crippen molar-refractivity contribution < 1.29 is 47.7 Å². The average molecular weight is 937 g/mol. The van der Waals surface area contributed by atoms with Crippen LogP contribution in [0.15, 0.2) is 0 Å². The Balaban J connectivity index is 4.08. The molecule has 0 aromatic carbocycles. The molecule has 0 radical (unpaired) electrons. The summed E-state index contributed by atoms with van der Waals surface area (Å²) in [6.45, 7) is 12.2. The number of hydrogen-bond donors (Lipinski definition) is 0. The van der Waals surface area contributed by atoms with E-state index >= 15 is 0 Å². The van der Waals surface area contributed by atoms with E-state index in [0.29, 0.717) is 38.7 Å². The normalized spacial score (nSPS) is 13.1. The highest BCUT2D eigenvalue weighted by atomic mass is 16.6. The number of hydrogen-bond acceptors (Lipinski definition) is 10. The molecule has 66 heavy (non-hydrogen) atoms. The van der Waals surface area contributed by atoms with Crippen LogP contribution in [0.2, 0.25) is 0 Å². The van der Waals surface area contributed by atoms with Crippen LogP contribution in [0.1, 0.15) is 298 Å². The van der Waals surface area contributed by atoms with E-state index in [1.807, 2.05) is 13.8 Å². The number of esters is 5. The van der Waals surface area contributed by atoms with E-state index in [0.717, 1.165) is 122 Å². The van der Waals surface area contributed by atoms with Gasteiger partial charge in [-0.25, -0.2) is 0 Å². The van der Waals surface area contributed by atoms with Gasteiger partial charge in [0.05, 0.1) is 6.61 Å². The van der Waals surface area contributed by atoms with Crippen LogP contribution in [0, 0.1) is 0 Å². The minimum Gasteiger partial charge on any atom is -0.466 e. The molecule has 4 unspecified atom stereocenters. The highest BCUT2D eigenvalue weighted by molar-refractivity contribution is 5.71. The summed E-state index contributed by atoms with van der Waals surface area (Å²) in [5.74, 6) is -0.963. The van der Waals surface area contributed by atoms with Gasteiger partial charge >= 0.3 is 29.8 Å². The molecule has 0 spiro atoms. The van der Waals surface area contributed by atoms with E-state index in [1.165, 1.54) is 103 Å². The highest BCUT2D eigenvalue weighted by Gasteiger charge is 2.29. The largest absolute Gasteiger partial charge is 0.466 e. The second-order valence-electron chi connectivity index (χ2n) is 18.9. The van der Waals surface area contributed by atoms with Gasteiger partial charge in [0.25, 0.3) is 0 Å². The Kier molecular flexibility index (Phi) is 45.5. The van der Waals surface area contributed by atoms with E-state index in [4.69, 9.17) is 23.7 Å². The molecule has 0 aromatic heterocycles. The summed E-state index contributed by atoms with van der Waals surface area (Å²) >= 11 is 0. The smallest absolute Gasteiger partial charge is 0.305 e. The topological polar surface area (TPSA) is 132 Å². The van der Waals surface area contributed by atoms with Crippen molar-refractivity contribution in [2.45, 2.75) is 323 Å². The Morgan fingerprint density at radius 1 is 0.273 bits per heavy atom. The lowest BCUT2D eigenvalue weighted by Gasteiger charge is -2.27. The SMILES string of the molecule is CCCCCCCCC(OC(=O)CC)C(CCCCCCCCCCCCOC(=O)CCCCCCCCCCCC(OC(=O)CC)C(CCCCCCCC)OC(=O)CC)OC(=O)CC. The van der Waals surface area contributed by atoms with E-state index in [9.17, 15) is 24.0 Å². The maximum absolute atomic E-state index is 12.3. The van der Waals surface area contributed by atoms with Gasteiger partial charge in [-0.2, -0.15) is 0 Å². The molecule has 0 amide bonds. The first-order valence-corrected chi connectivity index (χ1v) is 28.1. The standard InChI is InChI=1S/C56H104O10/c1-7-13-15-17-30-36-42-48(63-52(57)9-3)50(65-54(59)11-5)44-38-32-26-22-19-20-25-29-35-41-47-62-56(61)46-40-34-28-24-21-23-27-33-39-45-51(66-55(60)12-6)49(64-53(58)10-4)43-37-31-18-16-14-8-2/h48-51H,7-47H2,1-6H3. The van der Waals surface area contributed by atoms with Crippen molar-refractivity contribution in [2.24, 2.45) is 0 Å². The molecule has 0 saturated heterocycles. The third kappa shape index (κ3) is 39.4. The molecule has 4 atom stereocenters. The monoisotopic (exact) mass is 937 g/mol. The van der Waals surface area contributed by atoms with Crippen LogP contribution in [-0.2, 0) is 47.7 Å². The molecular formula is C56H104O10. The van der Waals surface area contributed by atoms with Gasteiger partial charge in [0.2, 0.25) is 0 Å². The Labute approximate surface area is 405 Å². The van der Waals surface area contributed by atoms with Crippen LogP contribution >= 0.6 is 0 Å². The molecule has 0 N–H and O–H groups in total. The zero-order valence-corrected chi connectivity index (χ0v) is 43.9. The number of ether oxygens (including phenoxy) is 5. The predicted molar refractivity (Wildman–Crippen MR) is 269 cm³/mol. The van der Waals surface area contributed by atoms with E-state index in [-0.39, 0.29) is 54.3 Å². The van der Waals surface area contributed by atoms with Gasteiger partial charge in [0.1, 0.15) is 24.4 Å². The van der Waals surface area contributed by atoms with Crippen molar-refractivity contribution in [1.29, 1.82) is 0 Å². The Bertz CT molecular complexity index is 1160. The third-order valence-corrected chi connectivity index (χ3v) is 12.8. The molecule has 0 heterocycles. The Morgan fingerprint density at radius 2 is 0.500 bits per heavy atom. The number of carbonyl (C=O) groups is 5. The van der Waals surface area contributed by atoms with Crippen molar-refractivity contribution in [3.63, 3.8) is 0 Å². The molecule has 0 fully saturated rings. The van der Waals surface area contributed by atoms with Crippen molar-refractivity contribution in [3.8, 4) is 0 Å². The van der Waals surface area contributed by atoms with Gasteiger partial charge in [-0.15, -0.1) is 0 Å². The number of rotatable bonds is 49. The lowest BCUT2D eigenvalue weighted by molar-refractivity contribution is -0.169. The molecule has 0 bridgehead atoms. The lowest BCUT2D eigenvalue weighted by Crippen LogP contribution is -2.35. The van der Waals surface area contributed by atoms with Crippen LogP contribution in [-0.4, -0.2) is 60.9 Å². The summed E-state index contributed by atoms with van der Waals surface area (Å²) in [4.78, 5) is 61.3. The van der Waals surface area contributed by atoms with Crippen molar-refractivity contribution in [3.05, 3.63) is 0 Å². The molecule has 0 saturated carbocycles. The summed E-state index contributed by atoms with van der Waals surface area (Å²) in [6.07, 6.45) is 38.3. The predicted octanol–water partition coefficient (Wildman–Crippen LogP) is 15.9. The van der Waals surface area contributed by atoms with Crippen molar-refractivity contribution in [1.82, 2.24) is 0 Å². The summed E-state index contributed by atoms with van der Waals surface area (Å²) < 4.78 is 28.8. The fourth-order valence-electron chi connectivity index (χ4n) is 8.52. The second-order valence-corrected chi connectivity index (χ2v) is 18.9. The highest BCUT2D eigenvalue weighted by Crippen LogP contribution is 2.24. The van der Waals surface area contributed by atoms with Crippen LogP contribution in [0.3, 0.4) is 0 Å². The summed E-state index contributed by atoms with van der Waals surface area (Å²) in [6, 6.07) is 0. The van der Waals surface area contributed by atoms with Gasteiger partial charge in [-0.3, -0.25) is 24.0 Å². The Morgan fingerprint density at radius 3 is 0.758 bits per heavy atom. The molecule has 0 aromatic rings. The van der Waals surface area contributed by atoms with Gasteiger partial charge in [-0.05, 0) is 64.2 Å². The van der Waals surface area contributed by atoms with Gasteiger partial charge < -0.3 is 23.7 Å². The summed E-state index contributed by atoms with van der Waals surface area (Å²) in [7, 11) is 0. The maximum Gasteiger partial charge on any atom is 0.305 e. The van der Waals surface area contributed by atoms with Crippen LogP contribution in [0.5, 0.6) is 0 Å². The quantitative estimate of drug-likeness (QED) is 0.0330. The Hall–Kier alpha value is -2.65. The van der Waals surface area contributed by atoms with Gasteiger partial charge in [-0.1, -0.05) is 202 Å². The van der Waals surface area contributed by atoms with Crippen LogP contribution in [0.25, 0.3) is 0 Å². The molecule has 10 nitrogen and oxygen atoms in total. The van der Waals surface area contributed by atoms with E-state index in [1.54, 1.807) is 13.8 Å². The van der Waals surface area contributed by atoms with Crippen molar-refractivity contribution >= 4 is 29.8 Å². The van der Waals surface area contributed by atoms with Crippen LogP contribution in [0.4, 0.5) is 0 Å². The first-order valence-electron chi connectivity index (χ1n) is 28.1. The lowest BCUT2D eigenvalue weighted by atomic mass is 9.98.